The molecule has 0 saturated heterocycles. The summed E-state index contributed by atoms with van der Waals surface area (Å²) in [6.07, 6.45) is 1.57. The molecule has 3 rings (SSSR count). The van der Waals surface area contributed by atoms with Crippen LogP contribution >= 0.6 is 22.9 Å². The lowest BCUT2D eigenvalue weighted by Gasteiger charge is -2.00. The zero-order chi connectivity index (χ0) is 18.8. The minimum Gasteiger partial charge on any atom is -0.462 e. The van der Waals surface area contributed by atoms with Crippen molar-refractivity contribution in [3.05, 3.63) is 62.3 Å². The Hall–Kier alpha value is -2.51. The van der Waals surface area contributed by atoms with Crippen molar-refractivity contribution in [2.24, 2.45) is 0 Å². The first-order valence-electron chi connectivity index (χ1n) is 7.74. The van der Waals surface area contributed by atoms with E-state index in [0.29, 0.717) is 26.2 Å². The number of benzene rings is 1. The third kappa shape index (κ3) is 3.54. The monoisotopic (exact) mass is 392 g/mol. The topological polar surface area (TPSA) is 72.0 Å². The summed E-state index contributed by atoms with van der Waals surface area (Å²) in [6, 6.07) is 5.73. The van der Waals surface area contributed by atoms with Gasteiger partial charge in [0, 0.05) is 0 Å². The van der Waals surface area contributed by atoms with Crippen LogP contribution in [-0.4, -0.2) is 22.5 Å². The second kappa shape index (κ2) is 7.39. The van der Waals surface area contributed by atoms with Gasteiger partial charge in [-0.25, -0.2) is 14.2 Å². The van der Waals surface area contributed by atoms with Gasteiger partial charge in [-0.15, -0.1) is 11.3 Å². The molecule has 0 aliphatic rings. The van der Waals surface area contributed by atoms with E-state index < -0.39 is 5.97 Å². The predicted octanol–water partition coefficient (Wildman–Crippen LogP) is 4.35. The van der Waals surface area contributed by atoms with Gasteiger partial charge in [-0.3, -0.25) is 4.79 Å². The first-order valence-corrected chi connectivity index (χ1v) is 8.93. The number of H-pyrrole nitrogens is 1. The van der Waals surface area contributed by atoms with Crippen LogP contribution < -0.4 is 5.56 Å². The van der Waals surface area contributed by atoms with Crippen LogP contribution in [-0.2, 0) is 4.74 Å². The molecule has 0 saturated carbocycles. The van der Waals surface area contributed by atoms with E-state index in [9.17, 15) is 14.0 Å². The maximum absolute atomic E-state index is 13.0. The molecule has 0 bridgehead atoms. The van der Waals surface area contributed by atoms with Gasteiger partial charge in [-0.2, -0.15) is 0 Å². The Kier molecular flexibility index (Phi) is 5.20. The lowest BCUT2D eigenvalue weighted by atomic mass is 10.2. The highest BCUT2D eigenvalue weighted by Crippen LogP contribution is 2.29. The molecule has 3 aromatic rings. The van der Waals surface area contributed by atoms with E-state index in [0.717, 1.165) is 11.3 Å². The second-order valence-electron chi connectivity index (χ2n) is 5.42. The largest absolute Gasteiger partial charge is 0.462 e. The molecule has 134 valence electrons. The number of nitrogens with zero attached hydrogens (tertiary/aromatic N) is 1. The molecule has 0 spiro atoms. The molecule has 0 amide bonds. The Bertz CT molecular complexity index is 1070. The van der Waals surface area contributed by atoms with Crippen LogP contribution in [0.15, 0.2) is 29.1 Å². The Morgan fingerprint density at radius 2 is 2.08 bits per heavy atom. The van der Waals surface area contributed by atoms with Crippen molar-refractivity contribution < 1.29 is 13.9 Å². The molecule has 5 nitrogen and oxygen atoms in total. The Balaban J connectivity index is 2.07. The van der Waals surface area contributed by atoms with Crippen LogP contribution in [0.1, 0.15) is 33.5 Å². The van der Waals surface area contributed by atoms with E-state index in [-0.39, 0.29) is 28.8 Å². The predicted molar refractivity (Wildman–Crippen MR) is 101 cm³/mol. The summed E-state index contributed by atoms with van der Waals surface area (Å²) in [5.41, 5.74) is 0.802. The molecule has 0 unspecified atom stereocenters. The fraction of sp³-hybridized carbons (Fsp3) is 0.167. The number of carbonyl (C=O) groups excluding carboxylic acids is 1. The van der Waals surface area contributed by atoms with Crippen molar-refractivity contribution in [3.8, 4) is 0 Å². The van der Waals surface area contributed by atoms with Gasteiger partial charge >= 0.3 is 5.97 Å². The molecule has 0 aliphatic heterocycles. The number of carbonyl (C=O) groups is 1. The van der Waals surface area contributed by atoms with Crippen molar-refractivity contribution in [3.63, 3.8) is 0 Å². The van der Waals surface area contributed by atoms with Crippen molar-refractivity contribution >= 4 is 50.2 Å². The van der Waals surface area contributed by atoms with Crippen LogP contribution in [0.4, 0.5) is 4.39 Å². The number of rotatable bonds is 4. The molecule has 0 fully saturated rings. The molecule has 0 aliphatic carbocycles. The molecule has 2 aromatic heterocycles. The molecular weight excluding hydrogens is 379 g/mol. The first-order chi connectivity index (χ1) is 12.4. The first kappa shape index (κ1) is 18.3. The number of halogens is 2. The number of esters is 1. The summed E-state index contributed by atoms with van der Waals surface area (Å²) in [5, 5.41) is 0.535. The fourth-order valence-corrected chi connectivity index (χ4v) is 3.71. The number of aromatic amines is 1. The second-order valence-corrected chi connectivity index (χ2v) is 6.82. The lowest BCUT2D eigenvalue weighted by molar-refractivity contribution is 0.0531. The number of fused-ring (bicyclic) bond motifs is 1. The molecule has 2 heterocycles. The highest BCUT2D eigenvalue weighted by atomic mass is 35.5. The van der Waals surface area contributed by atoms with E-state index in [1.165, 1.54) is 12.1 Å². The summed E-state index contributed by atoms with van der Waals surface area (Å²) in [7, 11) is 0. The maximum atomic E-state index is 13.0. The zero-order valence-electron chi connectivity index (χ0n) is 13.9. The van der Waals surface area contributed by atoms with E-state index in [2.05, 4.69) is 9.97 Å². The Morgan fingerprint density at radius 3 is 2.73 bits per heavy atom. The molecule has 1 aromatic carbocycles. The summed E-state index contributed by atoms with van der Waals surface area (Å²) in [4.78, 5) is 32.2. The average Bonchev–Trinajstić information content (AvgIpc) is 2.94. The molecule has 0 radical (unpaired) electrons. The highest BCUT2D eigenvalue weighted by Gasteiger charge is 2.20. The van der Waals surface area contributed by atoms with Crippen LogP contribution in [0.5, 0.6) is 0 Å². The van der Waals surface area contributed by atoms with E-state index in [1.807, 2.05) is 0 Å². The highest BCUT2D eigenvalue weighted by molar-refractivity contribution is 7.20. The summed E-state index contributed by atoms with van der Waals surface area (Å²) >= 11 is 7.34. The number of aryl methyl sites for hydroxylation is 1. The summed E-state index contributed by atoms with van der Waals surface area (Å²) < 4.78 is 18.0. The Labute approximate surface area is 157 Å². The van der Waals surface area contributed by atoms with Crippen molar-refractivity contribution in [2.45, 2.75) is 13.8 Å². The number of thiophene rings is 1. The van der Waals surface area contributed by atoms with Crippen molar-refractivity contribution in [1.82, 2.24) is 9.97 Å². The lowest BCUT2D eigenvalue weighted by Crippen LogP contribution is -2.10. The standard InChI is InChI=1S/C18H14ClFN2O3S/c1-3-25-18(24)14-9(2)13-16(23)21-15(22-17(13)26-14)12(19)8-10-4-6-11(20)7-5-10/h4-8H,3H2,1-2H3,(H,21,22,23)/b12-8-. The van der Waals surface area contributed by atoms with E-state index in [4.69, 9.17) is 16.3 Å². The molecule has 1 N–H and O–H groups in total. The number of ether oxygens (including phenoxy) is 1. The normalized spacial score (nSPS) is 11.8. The van der Waals surface area contributed by atoms with Gasteiger partial charge in [0.05, 0.1) is 17.0 Å². The van der Waals surface area contributed by atoms with Gasteiger partial charge in [0.15, 0.2) is 5.82 Å². The molecule has 26 heavy (non-hydrogen) atoms. The summed E-state index contributed by atoms with van der Waals surface area (Å²) in [5.74, 6) is -0.668. The number of hydrogen-bond donors (Lipinski definition) is 1. The SMILES string of the molecule is CCOC(=O)c1sc2nc(/C(Cl)=C/c3ccc(F)cc3)[nH]c(=O)c2c1C. The van der Waals surface area contributed by atoms with E-state index >= 15 is 0 Å². The van der Waals surface area contributed by atoms with Gasteiger partial charge < -0.3 is 9.72 Å². The smallest absolute Gasteiger partial charge is 0.348 e. The third-order valence-electron chi connectivity index (χ3n) is 3.65. The van der Waals surface area contributed by atoms with E-state index in [1.54, 1.807) is 32.1 Å². The minimum atomic E-state index is -0.484. The molecular formula is C18H14ClFN2O3S. The van der Waals surface area contributed by atoms with Gasteiger partial charge in [-0.05, 0) is 43.2 Å². The molecule has 8 heteroatoms. The van der Waals surface area contributed by atoms with Gasteiger partial charge in [0.1, 0.15) is 15.5 Å². The third-order valence-corrected chi connectivity index (χ3v) is 5.10. The van der Waals surface area contributed by atoms with Crippen LogP contribution in [0.25, 0.3) is 21.3 Å². The zero-order valence-corrected chi connectivity index (χ0v) is 15.5. The maximum Gasteiger partial charge on any atom is 0.348 e. The van der Waals surface area contributed by atoms with Crippen LogP contribution in [0.2, 0.25) is 0 Å². The van der Waals surface area contributed by atoms with Gasteiger partial charge in [0.25, 0.3) is 5.56 Å². The average molecular weight is 393 g/mol. The van der Waals surface area contributed by atoms with Crippen molar-refractivity contribution in [1.29, 1.82) is 0 Å². The van der Waals surface area contributed by atoms with Gasteiger partial charge in [0.2, 0.25) is 0 Å². The number of hydrogen-bond acceptors (Lipinski definition) is 5. The molecule has 0 atom stereocenters. The number of aromatic nitrogens is 2. The van der Waals surface area contributed by atoms with Crippen LogP contribution in [0, 0.1) is 12.7 Å². The Morgan fingerprint density at radius 1 is 1.38 bits per heavy atom. The fourth-order valence-electron chi connectivity index (χ4n) is 2.42. The summed E-state index contributed by atoms with van der Waals surface area (Å²) in [6.45, 7) is 3.63. The minimum absolute atomic E-state index is 0.171. The van der Waals surface area contributed by atoms with Crippen molar-refractivity contribution in [2.75, 3.05) is 6.61 Å². The number of nitrogens with one attached hydrogen (secondary N) is 1. The quantitative estimate of drug-likeness (QED) is 0.670. The van der Waals surface area contributed by atoms with Crippen LogP contribution in [0.3, 0.4) is 0 Å². The van der Waals surface area contributed by atoms with Gasteiger partial charge in [-0.1, -0.05) is 23.7 Å².